The second-order valence-electron chi connectivity index (χ2n) is 4.75. The fourth-order valence-corrected chi connectivity index (χ4v) is 1.59. The highest BCUT2D eigenvalue weighted by Crippen LogP contribution is 2.28. The molecule has 5 heteroatoms. The fourth-order valence-electron chi connectivity index (χ4n) is 1.59. The third-order valence-electron chi connectivity index (χ3n) is 2.76. The van der Waals surface area contributed by atoms with Gasteiger partial charge < -0.3 is 19.6 Å². The van der Waals surface area contributed by atoms with Crippen molar-refractivity contribution >= 4 is 11.6 Å². The lowest BCUT2D eigenvalue weighted by Crippen LogP contribution is -2.27. The molecule has 0 bridgehead atoms. The summed E-state index contributed by atoms with van der Waals surface area (Å²) in [5.41, 5.74) is 1.94. The maximum Gasteiger partial charge on any atom is 0.259 e. The number of aliphatic hydroxyl groups is 1. The van der Waals surface area contributed by atoms with E-state index in [1.807, 2.05) is 37.2 Å². The third kappa shape index (κ3) is 4.44. The molecule has 19 heavy (non-hydrogen) atoms. The van der Waals surface area contributed by atoms with E-state index in [9.17, 15) is 4.79 Å². The zero-order chi connectivity index (χ0) is 14.4. The molecule has 1 aromatic rings. The van der Waals surface area contributed by atoms with Crippen LogP contribution in [0.3, 0.4) is 0 Å². The van der Waals surface area contributed by atoms with E-state index >= 15 is 0 Å². The van der Waals surface area contributed by atoms with Gasteiger partial charge in [0.15, 0.2) is 6.61 Å². The Balaban J connectivity index is 2.85. The van der Waals surface area contributed by atoms with Gasteiger partial charge in [0.2, 0.25) is 0 Å². The number of anilines is 1. The van der Waals surface area contributed by atoms with Crippen LogP contribution < -0.4 is 9.64 Å². The monoisotopic (exact) mass is 266 g/mol. The van der Waals surface area contributed by atoms with Gasteiger partial charge in [0.1, 0.15) is 5.75 Å². The Hall–Kier alpha value is -1.75. The first-order valence-electron chi connectivity index (χ1n) is 6.19. The standard InChI is InChI=1S/C14H22N2O3/c1-15(2)12-9-11(7-8-17)5-6-13(12)19-10-14(18)16(3)4/h5-6,9,17H,7-8,10H2,1-4H3. The summed E-state index contributed by atoms with van der Waals surface area (Å²) in [6, 6.07) is 5.70. The maximum absolute atomic E-state index is 11.5. The second kappa shape index (κ2) is 6.99. The van der Waals surface area contributed by atoms with E-state index in [1.165, 1.54) is 4.90 Å². The van der Waals surface area contributed by atoms with E-state index in [0.717, 1.165) is 11.3 Å². The number of nitrogens with zero attached hydrogens (tertiary/aromatic N) is 2. The van der Waals surface area contributed by atoms with Crippen LogP contribution in [0.5, 0.6) is 5.75 Å². The van der Waals surface area contributed by atoms with Gasteiger partial charge in [0, 0.05) is 34.8 Å². The molecule has 1 aromatic carbocycles. The minimum absolute atomic E-state index is 0.0210. The molecular weight excluding hydrogens is 244 g/mol. The lowest BCUT2D eigenvalue weighted by molar-refractivity contribution is -0.130. The van der Waals surface area contributed by atoms with Gasteiger partial charge >= 0.3 is 0 Å². The van der Waals surface area contributed by atoms with Crippen molar-refractivity contribution in [2.45, 2.75) is 6.42 Å². The number of carbonyl (C=O) groups is 1. The predicted octanol–water partition coefficient (Wildman–Crippen LogP) is 0.754. The highest BCUT2D eigenvalue weighted by atomic mass is 16.5. The number of amides is 1. The van der Waals surface area contributed by atoms with Gasteiger partial charge in [-0.1, -0.05) is 6.07 Å². The smallest absolute Gasteiger partial charge is 0.259 e. The summed E-state index contributed by atoms with van der Waals surface area (Å²) in [5, 5.41) is 8.96. The molecule has 0 radical (unpaired) electrons. The van der Waals surface area contributed by atoms with Crippen LogP contribution in [-0.2, 0) is 11.2 Å². The largest absolute Gasteiger partial charge is 0.482 e. The zero-order valence-corrected chi connectivity index (χ0v) is 12.0. The highest BCUT2D eigenvalue weighted by Gasteiger charge is 2.10. The maximum atomic E-state index is 11.5. The van der Waals surface area contributed by atoms with Crippen LogP contribution in [0.25, 0.3) is 0 Å². The van der Waals surface area contributed by atoms with E-state index in [2.05, 4.69) is 0 Å². The summed E-state index contributed by atoms with van der Waals surface area (Å²) in [6.45, 7) is 0.138. The normalized spacial score (nSPS) is 10.2. The number of aliphatic hydroxyl groups excluding tert-OH is 1. The number of rotatable bonds is 6. The van der Waals surface area contributed by atoms with Crippen LogP contribution in [0, 0.1) is 0 Å². The van der Waals surface area contributed by atoms with Crippen LogP contribution in [-0.4, -0.2) is 57.3 Å². The van der Waals surface area contributed by atoms with E-state index in [4.69, 9.17) is 9.84 Å². The minimum atomic E-state index is -0.0795. The molecule has 0 aliphatic heterocycles. The van der Waals surface area contributed by atoms with Crippen LogP contribution in [0.4, 0.5) is 5.69 Å². The first-order valence-corrected chi connectivity index (χ1v) is 6.19. The summed E-state index contributed by atoms with van der Waals surface area (Å²) >= 11 is 0. The Kier molecular flexibility index (Phi) is 5.63. The molecule has 0 fully saturated rings. The molecular formula is C14H22N2O3. The number of hydrogen-bond acceptors (Lipinski definition) is 4. The Morgan fingerprint density at radius 3 is 2.47 bits per heavy atom. The van der Waals surface area contributed by atoms with E-state index in [-0.39, 0.29) is 19.1 Å². The average Bonchev–Trinajstić information content (AvgIpc) is 2.36. The predicted molar refractivity (Wildman–Crippen MR) is 75.7 cm³/mol. The van der Waals surface area contributed by atoms with Gasteiger partial charge in [0.25, 0.3) is 5.91 Å². The Morgan fingerprint density at radius 2 is 1.95 bits per heavy atom. The molecule has 0 saturated carbocycles. The van der Waals surface area contributed by atoms with E-state index in [1.54, 1.807) is 14.1 Å². The SMILES string of the molecule is CN(C)C(=O)COc1ccc(CCO)cc1N(C)C. The van der Waals surface area contributed by atoms with Crippen molar-refractivity contribution in [2.24, 2.45) is 0 Å². The number of benzene rings is 1. The van der Waals surface area contributed by atoms with E-state index < -0.39 is 0 Å². The first-order chi connectivity index (χ1) is 8.95. The van der Waals surface area contributed by atoms with Crippen molar-refractivity contribution in [3.05, 3.63) is 23.8 Å². The highest BCUT2D eigenvalue weighted by molar-refractivity contribution is 5.77. The Labute approximate surface area is 114 Å². The number of likely N-dealkylation sites (N-methyl/N-ethyl adjacent to an activating group) is 1. The Bertz CT molecular complexity index is 431. The molecule has 0 aliphatic carbocycles. The van der Waals surface area contributed by atoms with Crippen molar-refractivity contribution in [3.63, 3.8) is 0 Å². The number of carbonyl (C=O) groups excluding carboxylic acids is 1. The minimum Gasteiger partial charge on any atom is -0.482 e. The van der Waals surface area contributed by atoms with Gasteiger partial charge in [-0.3, -0.25) is 4.79 Å². The van der Waals surface area contributed by atoms with Crippen LogP contribution in [0.15, 0.2) is 18.2 Å². The van der Waals surface area contributed by atoms with Crippen molar-refractivity contribution in [1.82, 2.24) is 4.90 Å². The lowest BCUT2D eigenvalue weighted by Gasteiger charge is -2.19. The summed E-state index contributed by atoms with van der Waals surface area (Å²) < 4.78 is 5.56. The molecule has 0 unspecified atom stereocenters. The molecule has 0 aromatic heterocycles. The van der Waals surface area contributed by atoms with Crippen molar-refractivity contribution in [2.75, 3.05) is 46.3 Å². The molecule has 1 N–H and O–H groups in total. The van der Waals surface area contributed by atoms with E-state index in [0.29, 0.717) is 12.2 Å². The van der Waals surface area contributed by atoms with Gasteiger partial charge in [-0.25, -0.2) is 0 Å². The first kappa shape index (κ1) is 15.3. The number of hydrogen-bond donors (Lipinski definition) is 1. The quantitative estimate of drug-likeness (QED) is 0.825. The number of ether oxygens (including phenoxy) is 1. The van der Waals surface area contributed by atoms with Gasteiger partial charge in [0.05, 0.1) is 5.69 Å². The fraction of sp³-hybridized carbons (Fsp3) is 0.500. The van der Waals surface area contributed by atoms with Gasteiger partial charge in [-0.15, -0.1) is 0 Å². The molecule has 5 nitrogen and oxygen atoms in total. The molecule has 1 rings (SSSR count). The molecule has 0 heterocycles. The second-order valence-corrected chi connectivity index (χ2v) is 4.75. The van der Waals surface area contributed by atoms with Crippen molar-refractivity contribution in [3.8, 4) is 5.75 Å². The van der Waals surface area contributed by atoms with Crippen LogP contribution >= 0.6 is 0 Å². The Morgan fingerprint density at radius 1 is 1.26 bits per heavy atom. The molecule has 0 aliphatic rings. The zero-order valence-electron chi connectivity index (χ0n) is 12.0. The molecule has 106 valence electrons. The lowest BCUT2D eigenvalue weighted by atomic mass is 10.1. The summed E-state index contributed by atoms with van der Waals surface area (Å²) in [5.74, 6) is 0.589. The average molecular weight is 266 g/mol. The van der Waals surface area contributed by atoms with Gasteiger partial charge in [-0.05, 0) is 24.1 Å². The molecule has 0 atom stereocenters. The van der Waals surface area contributed by atoms with Crippen LogP contribution in [0.2, 0.25) is 0 Å². The van der Waals surface area contributed by atoms with Gasteiger partial charge in [-0.2, -0.15) is 0 Å². The summed E-state index contributed by atoms with van der Waals surface area (Å²) in [4.78, 5) is 14.9. The topological polar surface area (TPSA) is 53.0 Å². The van der Waals surface area contributed by atoms with Crippen LogP contribution in [0.1, 0.15) is 5.56 Å². The van der Waals surface area contributed by atoms with Crippen molar-refractivity contribution < 1.29 is 14.6 Å². The molecule has 1 amide bonds. The molecule has 0 spiro atoms. The summed E-state index contributed by atoms with van der Waals surface area (Å²) in [6.07, 6.45) is 0.609. The van der Waals surface area contributed by atoms with Crippen molar-refractivity contribution in [1.29, 1.82) is 0 Å². The summed E-state index contributed by atoms with van der Waals surface area (Å²) in [7, 11) is 7.23. The molecule has 0 saturated heterocycles. The third-order valence-corrected chi connectivity index (χ3v) is 2.76.